The van der Waals surface area contributed by atoms with Gasteiger partial charge in [0.2, 0.25) is 6.79 Å². The van der Waals surface area contributed by atoms with Gasteiger partial charge in [0.1, 0.15) is 5.57 Å². The number of carbonyl (C=O) groups excluding carboxylic acids is 3. The van der Waals surface area contributed by atoms with Crippen molar-refractivity contribution in [1.29, 1.82) is 0 Å². The number of ether oxygens (including phenoxy) is 2. The fraction of sp³-hybridized carbons (Fsp3) is 0.150. The number of carbonyl (C=O) groups is 3. The number of hydrogen-bond donors (Lipinski definition) is 1. The largest absolute Gasteiger partial charge is 0.454 e. The molecule has 2 aromatic carbocycles. The van der Waals surface area contributed by atoms with Gasteiger partial charge in [-0.05, 0) is 54.8 Å². The van der Waals surface area contributed by atoms with Crippen LogP contribution in [-0.2, 0) is 9.59 Å². The molecule has 0 spiro atoms. The predicted octanol–water partition coefficient (Wildman–Crippen LogP) is 3.35. The number of anilines is 1. The van der Waals surface area contributed by atoms with E-state index in [1.54, 1.807) is 30.3 Å². The van der Waals surface area contributed by atoms with Crippen LogP contribution in [0.15, 0.2) is 35.9 Å². The molecular weight excluding hydrogens is 384 g/mol. The van der Waals surface area contributed by atoms with Crippen LogP contribution in [0, 0.1) is 13.8 Å². The maximum atomic E-state index is 13.0. The van der Waals surface area contributed by atoms with Crippen molar-refractivity contribution in [3.05, 3.63) is 57.6 Å². The molecule has 4 rings (SSSR count). The fourth-order valence-electron chi connectivity index (χ4n) is 2.96. The van der Waals surface area contributed by atoms with Crippen molar-refractivity contribution in [2.75, 3.05) is 11.7 Å². The lowest BCUT2D eigenvalue weighted by Crippen LogP contribution is -2.54. The maximum Gasteiger partial charge on any atom is 0.335 e. The third kappa shape index (κ3) is 2.99. The van der Waals surface area contributed by atoms with Gasteiger partial charge in [0.05, 0.1) is 10.7 Å². The molecule has 7 nitrogen and oxygen atoms in total. The van der Waals surface area contributed by atoms with Crippen LogP contribution in [0.3, 0.4) is 0 Å². The molecule has 2 aliphatic rings. The third-order valence-corrected chi connectivity index (χ3v) is 4.97. The number of benzene rings is 2. The van der Waals surface area contributed by atoms with E-state index < -0.39 is 17.8 Å². The van der Waals surface area contributed by atoms with Gasteiger partial charge in [-0.25, -0.2) is 9.69 Å². The van der Waals surface area contributed by atoms with Gasteiger partial charge in [0.25, 0.3) is 11.8 Å². The number of fused-ring (bicyclic) bond motifs is 1. The molecule has 4 amide bonds. The highest BCUT2D eigenvalue weighted by atomic mass is 35.5. The van der Waals surface area contributed by atoms with Crippen molar-refractivity contribution in [1.82, 2.24) is 5.32 Å². The Bertz CT molecular complexity index is 1080. The summed E-state index contributed by atoms with van der Waals surface area (Å²) in [6, 6.07) is 7.50. The number of aryl methyl sites for hydroxylation is 2. The lowest BCUT2D eigenvalue weighted by atomic mass is 10.0. The first kappa shape index (κ1) is 18.1. The van der Waals surface area contributed by atoms with E-state index in [1.165, 1.54) is 6.08 Å². The summed E-state index contributed by atoms with van der Waals surface area (Å²) in [6.07, 6.45) is 1.34. The zero-order chi connectivity index (χ0) is 20.0. The van der Waals surface area contributed by atoms with Gasteiger partial charge in [-0.15, -0.1) is 0 Å². The second-order valence-electron chi connectivity index (χ2n) is 6.45. The van der Waals surface area contributed by atoms with E-state index >= 15 is 0 Å². The van der Waals surface area contributed by atoms with Crippen LogP contribution >= 0.6 is 11.6 Å². The number of hydrogen-bond acceptors (Lipinski definition) is 5. The third-order valence-electron chi connectivity index (χ3n) is 4.64. The van der Waals surface area contributed by atoms with Gasteiger partial charge in [0, 0.05) is 6.07 Å². The van der Waals surface area contributed by atoms with Crippen molar-refractivity contribution in [2.24, 2.45) is 0 Å². The Kier molecular flexibility index (Phi) is 4.31. The van der Waals surface area contributed by atoms with Crippen LogP contribution in [0.2, 0.25) is 5.02 Å². The number of nitrogens with zero attached hydrogens (tertiary/aromatic N) is 1. The average Bonchev–Trinajstić information content (AvgIpc) is 3.08. The maximum absolute atomic E-state index is 13.0. The molecule has 2 aliphatic heterocycles. The van der Waals surface area contributed by atoms with Crippen LogP contribution in [0.4, 0.5) is 10.5 Å². The van der Waals surface area contributed by atoms with Crippen LogP contribution in [0.5, 0.6) is 11.5 Å². The molecule has 8 heteroatoms. The van der Waals surface area contributed by atoms with E-state index in [-0.39, 0.29) is 17.4 Å². The molecule has 0 aliphatic carbocycles. The lowest BCUT2D eigenvalue weighted by molar-refractivity contribution is -0.122. The number of imide groups is 2. The van der Waals surface area contributed by atoms with Crippen LogP contribution in [-0.4, -0.2) is 24.6 Å². The first-order valence-electron chi connectivity index (χ1n) is 8.43. The summed E-state index contributed by atoms with van der Waals surface area (Å²) in [6.45, 7) is 3.87. The Balaban J connectivity index is 1.76. The predicted molar refractivity (Wildman–Crippen MR) is 102 cm³/mol. The summed E-state index contributed by atoms with van der Waals surface area (Å²) in [5.74, 6) is -0.574. The normalized spacial score (nSPS) is 17.3. The van der Waals surface area contributed by atoms with Crippen LogP contribution < -0.4 is 19.7 Å². The van der Waals surface area contributed by atoms with E-state index in [0.29, 0.717) is 22.7 Å². The molecule has 0 atom stereocenters. The second kappa shape index (κ2) is 6.69. The smallest absolute Gasteiger partial charge is 0.335 e. The Hall–Kier alpha value is -3.32. The standard InChI is InChI=1S/C20H15ClN2O5/c1-10-3-4-13(5-11(10)2)23-19(25)14(18(24)22-20(23)26)6-12-7-16-17(8-15(12)21)28-9-27-16/h3-8H,9H2,1-2H3,(H,22,24,26)/b14-6+. The highest BCUT2D eigenvalue weighted by Gasteiger charge is 2.37. The molecule has 142 valence electrons. The van der Waals surface area contributed by atoms with Crippen molar-refractivity contribution >= 4 is 41.2 Å². The van der Waals surface area contributed by atoms with Crippen molar-refractivity contribution in [3.8, 4) is 11.5 Å². The molecule has 0 bridgehead atoms. The quantitative estimate of drug-likeness (QED) is 0.619. The number of barbiturate groups is 1. The Morgan fingerprint density at radius 2 is 1.75 bits per heavy atom. The molecule has 2 heterocycles. The van der Waals surface area contributed by atoms with Crippen molar-refractivity contribution < 1.29 is 23.9 Å². The molecule has 1 fully saturated rings. The van der Waals surface area contributed by atoms with E-state index in [2.05, 4.69) is 5.32 Å². The minimum atomic E-state index is -0.799. The first-order chi connectivity index (χ1) is 13.3. The molecular formula is C20H15ClN2O5. The molecule has 1 N–H and O–H groups in total. The van der Waals surface area contributed by atoms with Gasteiger partial charge >= 0.3 is 6.03 Å². The van der Waals surface area contributed by atoms with Gasteiger partial charge < -0.3 is 9.47 Å². The van der Waals surface area contributed by atoms with Crippen molar-refractivity contribution in [2.45, 2.75) is 13.8 Å². The molecule has 0 unspecified atom stereocenters. The highest BCUT2D eigenvalue weighted by Crippen LogP contribution is 2.38. The van der Waals surface area contributed by atoms with E-state index in [9.17, 15) is 14.4 Å². The first-order valence-corrected chi connectivity index (χ1v) is 8.81. The molecule has 1 saturated heterocycles. The van der Waals surface area contributed by atoms with Crippen LogP contribution in [0.1, 0.15) is 16.7 Å². The lowest BCUT2D eigenvalue weighted by Gasteiger charge is -2.27. The minimum Gasteiger partial charge on any atom is -0.454 e. The summed E-state index contributed by atoms with van der Waals surface area (Å²) < 4.78 is 10.6. The SMILES string of the molecule is Cc1ccc(N2C(=O)NC(=O)/C(=C\c3cc4c(cc3Cl)OCO4)C2=O)cc1C. The highest BCUT2D eigenvalue weighted by molar-refractivity contribution is 6.40. The number of amides is 4. The number of rotatable bonds is 2. The summed E-state index contributed by atoms with van der Waals surface area (Å²) >= 11 is 6.24. The van der Waals surface area contributed by atoms with Gasteiger partial charge in [-0.2, -0.15) is 0 Å². The molecule has 2 aromatic rings. The number of nitrogens with one attached hydrogen (secondary N) is 1. The average molecular weight is 399 g/mol. The van der Waals surface area contributed by atoms with Crippen LogP contribution in [0.25, 0.3) is 6.08 Å². The minimum absolute atomic E-state index is 0.0696. The number of halogens is 1. The summed E-state index contributed by atoms with van der Waals surface area (Å²) in [7, 11) is 0. The van der Waals surface area contributed by atoms with Gasteiger partial charge in [0.15, 0.2) is 11.5 Å². The molecule has 0 aromatic heterocycles. The zero-order valence-corrected chi connectivity index (χ0v) is 15.8. The van der Waals surface area contributed by atoms with Crippen molar-refractivity contribution in [3.63, 3.8) is 0 Å². The topological polar surface area (TPSA) is 84.9 Å². The van der Waals surface area contributed by atoms with Gasteiger partial charge in [-0.3, -0.25) is 14.9 Å². The fourth-order valence-corrected chi connectivity index (χ4v) is 3.16. The summed E-state index contributed by atoms with van der Waals surface area (Å²) in [4.78, 5) is 38.5. The molecule has 28 heavy (non-hydrogen) atoms. The Labute approximate surface area is 165 Å². The van der Waals surface area contributed by atoms with E-state index in [0.717, 1.165) is 16.0 Å². The molecule has 0 saturated carbocycles. The summed E-state index contributed by atoms with van der Waals surface area (Å²) in [5.41, 5.74) is 2.50. The monoisotopic (exact) mass is 398 g/mol. The summed E-state index contributed by atoms with van der Waals surface area (Å²) in [5, 5.41) is 2.48. The van der Waals surface area contributed by atoms with Gasteiger partial charge in [-0.1, -0.05) is 17.7 Å². The Morgan fingerprint density at radius 1 is 1.04 bits per heavy atom. The zero-order valence-electron chi connectivity index (χ0n) is 15.0. The number of urea groups is 1. The van der Waals surface area contributed by atoms with E-state index in [1.807, 2.05) is 13.8 Å². The van der Waals surface area contributed by atoms with E-state index in [4.69, 9.17) is 21.1 Å². The Morgan fingerprint density at radius 3 is 2.46 bits per heavy atom. The second-order valence-corrected chi connectivity index (χ2v) is 6.86. The molecule has 0 radical (unpaired) electrons.